The van der Waals surface area contributed by atoms with E-state index in [1.54, 1.807) is 5.57 Å². The molecule has 0 aromatic heterocycles. The van der Waals surface area contributed by atoms with E-state index in [1.807, 2.05) is 7.05 Å². The van der Waals surface area contributed by atoms with Gasteiger partial charge in [0.15, 0.2) is 0 Å². The highest BCUT2D eigenvalue weighted by molar-refractivity contribution is 5.14. The van der Waals surface area contributed by atoms with E-state index in [0.717, 1.165) is 13.0 Å². The van der Waals surface area contributed by atoms with E-state index in [0.29, 0.717) is 0 Å². The van der Waals surface area contributed by atoms with Crippen molar-refractivity contribution in [2.75, 3.05) is 13.6 Å². The smallest absolute Gasteiger partial charge is 0.00145 e. The Kier molecular flexibility index (Phi) is 3.23. The van der Waals surface area contributed by atoms with Crippen molar-refractivity contribution < 1.29 is 0 Å². The van der Waals surface area contributed by atoms with Crippen molar-refractivity contribution in [1.82, 2.24) is 5.32 Å². The Morgan fingerprint density at radius 1 is 1.50 bits per heavy atom. The Bertz CT molecular complexity index is 145. The largest absolute Gasteiger partial charge is 0.319 e. The summed E-state index contributed by atoms with van der Waals surface area (Å²) < 4.78 is 0. The Morgan fingerprint density at radius 3 is 3.00 bits per heavy atom. The van der Waals surface area contributed by atoms with Crippen molar-refractivity contribution in [2.24, 2.45) is 0 Å². The molecule has 1 aliphatic rings. The molecule has 0 amide bonds. The van der Waals surface area contributed by atoms with Crippen LogP contribution < -0.4 is 5.32 Å². The fraction of sp³-hybridized carbons (Fsp3) is 0.556. The van der Waals surface area contributed by atoms with Gasteiger partial charge in [0.1, 0.15) is 0 Å². The number of hydrogen-bond donors (Lipinski definition) is 1. The third kappa shape index (κ3) is 2.36. The van der Waals surface area contributed by atoms with Crippen LogP contribution in [0, 0.1) is 0 Å². The van der Waals surface area contributed by atoms with E-state index in [9.17, 15) is 0 Å². The molecule has 0 atom stereocenters. The molecular formula is C9H15N. The van der Waals surface area contributed by atoms with Crippen LogP contribution in [0.2, 0.25) is 0 Å². The molecular weight excluding hydrogens is 122 g/mol. The highest BCUT2D eigenvalue weighted by Crippen LogP contribution is 2.13. The summed E-state index contributed by atoms with van der Waals surface area (Å²) >= 11 is 0. The van der Waals surface area contributed by atoms with E-state index in [-0.39, 0.29) is 0 Å². The summed E-state index contributed by atoms with van der Waals surface area (Å²) in [5.41, 5.74) is 1.58. The number of allylic oxidation sites excluding steroid dienone is 3. The first kappa shape index (κ1) is 7.55. The fourth-order valence-electron chi connectivity index (χ4n) is 1.14. The first-order valence-corrected chi connectivity index (χ1v) is 3.91. The van der Waals surface area contributed by atoms with E-state index in [1.165, 1.54) is 12.8 Å². The first-order valence-electron chi connectivity index (χ1n) is 3.91. The summed E-state index contributed by atoms with van der Waals surface area (Å²) in [5.74, 6) is 0. The molecule has 0 bridgehead atoms. The van der Waals surface area contributed by atoms with Crippen LogP contribution in [0.1, 0.15) is 19.3 Å². The fourth-order valence-corrected chi connectivity index (χ4v) is 1.14. The molecule has 56 valence electrons. The lowest BCUT2D eigenvalue weighted by molar-refractivity contribution is 0.770. The Hall–Kier alpha value is -0.560. The quantitative estimate of drug-likeness (QED) is 0.585. The predicted molar refractivity (Wildman–Crippen MR) is 45.0 cm³/mol. The average Bonchev–Trinajstić information content (AvgIpc) is 2.03. The molecule has 1 N–H and O–H groups in total. The van der Waals surface area contributed by atoms with Crippen molar-refractivity contribution in [1.29, 1.82) is 0 Å². The Balaban J connectivity index is 2.21. The van der Waals surface area contributed by atoms with Gasteiger partial charge in [-0.1, -0.05) is 23.8 Å². The zero-order valence-electron chi connectivity index (χ0n) is 6.56. The van der Waals surface area contributed by atoms with E-state index in [4.69, 9.17) is 0 Å². The van der Waals surface area contributed by atoms with Gasteiger partial charge in [-0.25, -0.2) is 0 Å². The average molecular weight is 137 g/mol. The second-order valence-electron chi connectivity index (χ2n) is 2.63. The predicted octanol–water partition coefficient (Wildman–Crippen LogP) is 1.87. The highest BCUT2D eigenvalue weighted by atomic mass is 14.8. The molecule has 0 saturated carbocycles. The Morgan fingerprint density at radius 2 is 2.40 bits per heavy atom. The minimum absolute atomic E-state index is 1.11. The second kappa shape index (κ2) is 4.29. The van der Waals surface area contributed by atoms with Crippen LogP contribution in [-0.2, 0) is 0 Å². The van der Waals surface area contributed by atoms with Gasteiger partial charge in [-0.3, -0.25) is 0 Å². The van der Waals surface area contributed by atoms with Crippen molar-refractivity contribution >= 4 is 0 Å². The van der Waals surface area contributed by atoms with Gasteiger partial charge >= 0.3 is 0 Å². The second-order valence-corrected chi connectivity index (χ2v) is 2.63. The summed E-state index contributed by atoms with van der Waals surface area (Å²) in [5, 5.41) is 3.15. The number of rotatable bonds is 3. The molecule has 0 fully saturated rings. The van der Waals surface area contributed by atoms with Gasteiger partial charge in [-0.15, -0.1) is 0 Å². The molecule has 1 rings (SSSR count). The molecule has 0 radical (unpaired) electrons. The third-order valence-electron chi connectivity index (χ3n) is 1.79. The van der Waals surface area contributed by atoms with Crippen molar-refractivity contribution in [3.05, 3.63) is 23.8 Å². The lowest BCUT2D eigenvalue weighted by Gasteiger charge is -2.06. The molecule has 1 aliphatic carbocycles. The standard InChI is InChI=1S/C9H15N/c1-10-8-7-9-5-3-2-4-6-9/h2-3,6,10H,4-5,7-8H2,1H3. The van der Waals surface area contributed by atoms with Gasteiger partial charge in [0.05, 0.1) is 0 Å². The zero-order valence-corrected chi connectivity index (χ0v) is 6.56. The van der Waals surface area contributed by atoms with Gasteiger partial charge in [-0.05, 0) is 32.9 Å². The van der Waals surface area contributed by atoms with Crippen LogP contribution in [-0.4, -0.2) is 13.6 Å². The lowest BCUT2D eigenvalue weighted by atomic mass is 10.0. The van der Waals surface area contributed by atoms with Crippen LogP contribution in [0.3, 0.4) is 0 Å². The van der Waals surface area contributed by atoms with Crippen LogP contribution in [0.15, 0.2) is 23.8 Å². The SMILES string of the molecule is CNCCC1=CCC=CC1. The molecule has 0 aromatic rings. The highest BCUT2D eigenvalue weighted by Gasteiger charge is 1.96. The van der Waals surface area contributed by atoms with E-state index in [2.05, 4.69) is 23.5 Å². The van der Waals surface area contributed by atoms with Crippen LogP contribution in [0.25, 0.3) is 0 Å². The van der Waals surface area contributed by atoms with E-state index >= 15 is 0 Å². The van der Waals surface area contributed by atoms with Crippen LogP contribution >= 0.6 is 0 Å². The molecule has 10 heavy (non-hydrogen) atoms. The number of hydrogen-bond acceptors (Lipinski definition) is 1. The maximum absolute atomic E-state index is 3.15. The molecule has 0 aliphatic heterocycles. The molecule has 1 heteroatoms. The summed E-state index contributed by atoms with van der Waals surface area (Å²) in [6, 6.07) is 0. The van der Waals surface area contributed by atoms with Crippen molar-refractivity contribution in [3.63, 3.8) is 0 Å². The molecule has 0 spiro atoms. The third-order valence-corrected chi connectivity index (χ3v) is 1.79. The monoisotopic (exact) mass is 137 g/mol. The normalized spacial score (nSPS) is 17.1. The van der Waals surface area contributed by atoms with Gasteiger partial charge in [-0.2, -0.15) is 0 Å². The van der Waals surface area contributed by atoms with Gasteiger partial charge in [0.25, 0.3) is 0 Å². The molecule has 0 aromatic carbocycles. The molecule has 0 unspecified atom stereocenters. The van der Waals surface area contributed by atoms with Crippen LogP contribution in [0.5, 0.6) is 0 Å². The summed E-state index contributed by atoms with van der Waals surface area (Å²) in [6.07, 6.45) is 10.3. The summed E-state index contributed by atoms with van der Waals surface area (Å²) in [4.78, 5) is 0. The first-order chi connectivity index (χ1) is 4.93. The number of nitrogens with one attached hydrogen (secondary N) is 1. The maximum Gasteiger partial charge on any atom is -0.00145 e. The molecule has 0 heterocycles. The lowest BCUT2D eigenvalue weighted by Crippen LogP contribution is -2.08. The molecule has 0 saturated heterocycles. The maximum atomic E-state index is 3.15. The van der Waals surface area contributed by atoms with Gasteiger partial charge < -0.3 is 5.32 Å². The van der Waals surface area contributed by atoms with Crippen LogP contribution in [0.4, 0.5) is 0 Å². The van der Waals surface area contributed by atoms with E-state index < -0.39 is 0 Å². The van der Waals surface area contributed by atoms with Gasteiger partial charge in [0, 0.05) is 0 Å². The van der Waals surface area contributed by atoms with Crippen molar-refractivity contribution in [2.45, 2.75) is 19.3 Å². The molecule has 1 nitrogen and oxygen atoms in total. The topological polar surface area (TPSA) is 12.0 Å². The minimum Gasteiger partial charge on any atom is -0.319 e. The summed E-state index contributed by atoms with van der Waals surface area (Å²) in [6.45, 7) is 1.11. The summed E-state index contributed by atoms with van der Waals surface area (Å²) in [7, 11) is 2.00. The van der Waals surface area contributed by atoms with Crippen molar-refractivity contribution in [3.8, 4) is 0 Å². The minimum atomic E-state index is 1.11. The zero-order chi connectivity index (χ0) is 7.23. The Labute approximate surface area is 62.8 Å². The van der Waals surface area contributed by atoms with Gasteiger partial charge in [0.2, 0.25) is 0 Å².